The van der Waals surface area contributed by atoms with E-state index in [0.717, 1.165) is 11.1 Å². The number of nitrogens with zero attached hydrogens (tertiary/aromatic N) is 1. The number of benzene rings is 1. The molecule has 7 heteroatoms. The number of hydrogen-bond donors (Lipinski definition) is 1. The van der Waals surface area contributed by atoms with Gasteiger partial charge in [0.05, 0.1) is 35.7 Å². The third kappa shape index (κ3) is 2.55. The average molecular weight is 340 g/mol. The molecule has 0 amide bonds. The molecule has 3 aromatic heterocycles. The number of thiazole rings is 1. The fraction of sp³-hybridized carbons (Fsp3) is 0.0588. The molecule has 0 saturated carbocycles. The molecule has 0 aliphatic carbocycles. The van der Waals surface area contributed by atoms with E-state index in [0.29, 0.717) is 22.1 Å². The van der Waals surface area contributed by atoms with Gasteiger partial charge in [0, 0.05) is 5.38 Å². The van der Waals surface area contributed by atoms with Crippen LogP contribution in [-0.4, -0.2) is 12.1 Å². The van der Waals surface area contributed by atoms with E-state index in [9.17, 15) is 4.79 Å². The normalized spacial score (nSPS) is 10.9. The third-order valence-electron chi connectivity index (χ3n) is 3.49. The molecular formula is C17H12N2O4S. The van der Waals surface area contributed by atoms with E-state index in [1.54, 1.807) is 24.6 Å². The molecule has 0 spiro atoms. The van der Waals surface area contributed by atoms with Gasteiger partial charge in [-0.15, -0.1) is 11.3 Å². The van der Waals surface area contributed by atoms with Crippen LogP contribution in [0, 0.1) is 0 Å². The molecule has 4 rings (SSSR count). The number of anilines is 2. The van der Waals surface area contributed by atoms with Crippen molar-refractivity contribution >= 4 is 33.3 Å². The molecule has 6 nitrogen and oxygen atoms in total. The largest absolute Gasteiger partial charge is 0.495 e. The molecule has 0 aliphatic heterocycles. The van der Waals surface area contributed by atoms with Crippen molar-refractivity contribution in [3.05, 3.63) is 58.5 Å². The number of ether oxygens (including phenoxy) is 1. The van der Waals surface area contributed by atoms with E-state index in [2.05, 4.69) is 10.3 Å². The summed E-state index contributed by atoms with van der Waals surface area (Å²) in [6.07, 6.45) is 1.48. The first-order valence-corrected chi connectivity index (χ1v) is 8.00. The Bertz CT molecular complexity index is 1060. The van der Waals surface area contributed by atoms with E-state index >= 15 is 0 Å². The summed E-state index contributed by atoms with van der Waals surface area (Å²) < 4.78 is 15.5. The minimum atomic E-state index is -0.480. The van der Waals surface area contributed by atoms with Crippen LogP contribution < -0.4 is 15.7 Å². The SMILES string of the molecule is COc1ccccc1Nc1nc(-c2cc3ccoc3oc2=O)cs1. The summed E-state index contributed by atoms with van der Waals surface area (Å²) in [5.41, 5.74) is 1.27. The molecule has 0 radical (unpaired) electrons. The van der Waals surface area contributed by atoms with Crippen LogP contribution in [0.3, 0.4) is 0 Å². The quantitative estimate of drug-likeness (QED) is 0.598. The lowest BCUT2D eigenvalue weighted by atomic mass is 10.2. The molecule has 3 heterocycles. The Morgan fingerprint density at radius 1 is 1.25 bits per heavy atom. The summed E-state index contributed by atoms with van der Waals surface area (Å²) in [4.78, 5) is 16.6. The van der Waals surface area contributed by atoms with Gasteiger partial charge in [0.15, 0.2) is 5.13 Å². The Hall–Kier alpha value is -3.06. The van der Waals surface area contributed by atoms with Crippen LogP contribution in [0.4, 0.5) is 10.8 Å². The smallest absolute Gasteiger partial charge is 0.348 e. The Balaban J connectivity index is 1.69. The van der Waals surface area contributed by atoms with Crippen molar-refractivity contribution in [3.63, 3.8) is 0 Å². The van der Waals surface area contributed by atoms with E-state index < -0.39 is 5.63 Å². The number of fused-ring (bicyclic) bond motifs is 1. The highest BCUT2D eigenvalue weighted by Crippen LogP contribution is 2.31. The van der Waals surface area contributed by atoms with Crippen LogP contribution in [0.2, 0.25) is 0 Å². The lowest BCUT2D eigenvalue weighted by molar-refractivity contribution is 0.417. The van der Waals surface area contributed by atoms with Gasteiger partial charge in [0.1, 0.15) is 5.75 Å². The zero-order valence-electron chi connectivity index (χ0n) is 12.6. The number of para-hydroxylation sites is 2. The van der Waals surface area contributed by atoms with Crippen molar-refractivity contribution in [2.24, 2.45) is 0 Å². The van der Waals surface area contributed by atoms with Gasteiger partial charge >= 0.3 is 5.63 Å². The number of furan rings is 1. The summed E-state index contributed by atoms with van der Waals surface area (Å²) in [6.45, 7) is 0. The van der Waals surface area contributed by atoms with Gasteiger partial charge in [0.25, 0.3) is 5.78 Å². The maximum absolute atomic E-state index is 12.1. The van der Waals surface area contributed by atoms with Crippen LogP contribution in [0.25, 0.3) is 22.4 Å². The molecule has 0 bridgehead atoms. The Labute approximate surface area is 140 Å². The third-order valence-corrected chi connectivity index (χ3v) is 4.25. The molecule has 1 aromatic carbocycles. The number of nitrogens with one attached hydrogen (secondary N) is 1. The summed E-state index contributed by atoms with van der Waals surface area (Å²) in [5, 5.41) is 6.37. The van der Waals surface area contributed by atoms with Gasteiger partial charge in [-0.25, -0.2) is 9.78 Å². The maximum Gasteiger partial charge on any atom is 0.348 e. The van der Waals surface area contributed by atoms with Crippen LogP contribution in [0.15, 0.2) is 61.7 Å². The van der Waals surface area contributed by atoms with Crippen molar-refractivity contribution in [2.45, 2.75) is 0 Å². The second-order valence-corrected chi connectivity index (χ2v) is 5.83. The molecule has 4 aromatic rings. The van der Waals surface area contributed by atoms with Gasteiger partial charge in [-0.05, 0) is 24.3 Å². The van der Waals surface area contributed by atoms with Gasteiger partial charge in [0.2, 0.25) is 0 Å². The summed E-state index contributed by atoms with van der Waals surface area (Å²) in [6, 6.07) is 11.0. The zero-order valence-corrected chi connectivity index (χ0v) is 13.4. The lowest BCUT2D eigenvalue weighted by Gasteiger charge is -2.07. The van der Waals surface area contributed by atoms with E-state index in [1.807, 2.05) is 24.3 Å². The average Bonchev–Trinajstić information content (AvgIpc) is 3.23. The number of methoxy groups -OCH3 is 1. The highest BCUT2D eigenvalue weighted by molar-refractivity contribution is 7.14. The first kappa shape index (κ1) is 14.5. The highest BCUT2D eigenvalue weighted by Gasteiger charge is 2.13. The maximum atomic E-state index is 12.1. The molecule has 120 valence electrons. The molecule has 0 saturated heterocycles. The summed E-state index contributed by atoms with van der Waals surface area (Å²) >= 11 is 1.39. The second-order valence-electron chi connectivity index (χ2n) is 4.97. The Morgan fingerprint density at radius 3 is 3.00 bits per heavy atom. The van der Waals surface area contributed by atoms with E-state index in [-0.39, 0.29) is 5.78 Å². The first-order chi connectivity index (χ1) is 11.7. The van der Waals surface area contributed by atoms with Crippen LogP contribution in [-0.2, 0) is 0 Å². The Kier molecular flexibility index (Phi) is 3.55. The molecule has 0 unspecified atom stereocenters. The standard InChI is InChI=1S/C17H12N2O4S/c1-21-14-5-3-2-4-12(14)18-17-19-13(9-24-17)11-8-10-6-7-22-16(10)23-15(11)20/h2-9H,1H3,(H,18,19). The lowest BCUT2D eigenvalue weighted by Crippen LogP contribution is -2.02. The van der Waals surface area contributed by atoms with Crippen molar-refractivity contribution in [3.8, 4) is 17.0 Å². The van der Waals surface area contributed by atoms with Crippen molar-refractivity contribution in [2.75, 3.05) is 12.4 Å². The highest BCUT2D eigenvalue weighted by atomic mass is 32.1. The molecule has 0 aliphatic rings. The van der Waals surface area contributed by atoms with Crippen molar-refractivity contribution in [1.82, 2.24) is 4.98 Å². The predicted octanol–water partition coefficient (Wildman–Crippen LogP) is 4.26. The van der Waals surface area contributed by atoms with Gasteiger partial charge in [-0.1, -0.05) is 12.1 Å². The first-order valence-electron chi connectivity index (χ1n) is 7.12. The molecule has 0 fully saturated rings. The fourth-order valence-corrected chi connectivity index (χ4v) is 3.07. The molecular weight excluding hydrogens is 328 g/mol. The Morgan fingerprint density at radius 2 is 2.12 bits per heavy atom. The minimum Gasteiger partial charge on any atom is -0.495 e. The fourth-order valence-electron chi connectivity index (χ4n) is 2.35. The minimum absolute atomic E-state index is 0.214. The molecule has 0 atom stereocenters. The van der Waals surface area contributed by atoms with Gasteiger partial charge < -0.3 is 18.9 Å². The number of hydrogen-bond acceptors (Lipinski definition) is 7. The van der Waals surface area contributed by atoms with Crippen molar-refractivity contribution in [1.29, 1.82) is 0 Å². The number of rotatable bonds is 4. The zero-order chi connectivity index (χ0) is 16.5. The summed E-state index contributed by atoms with van der Waals surface area (Å²) in [5.74, 6) is 0.930. The van der Waals surface area contributed by atoms with Crippen LogP contribution >= 0.6 is 11.3 Å². The molecule has 24 heavy (non-hydrogen) atoms. The van der Waals surface area contributed by atoms with Crippen LogP contribution in [0.1, 0.15) is 0 Å². The monoisotopic (exact) mass is 340 g/mol. The van der Waals surface area contributed by atoms with Gasteiger partial charge in [-0.2, -0.15) is 0 Å². The van der Waals surface area contributed by atoms with Gasteiger partial charge in [-0.3, -0.25) is 0 Å². The second kappa shape index (κ2) is 5.86. The van der Waals surface area contributed by atoms with E-state index in [1.165, 1.54) is 17.6 Å². The predicted molar refractivity (Wildman–Crippen MR) is 92.1 cm³/mol. The summed E-state index contributed by atoms with van der Waals surface area (Å²) in [7, 11) is 1.61. The molecule has 1 N–H and O–H groups in total. The van der Waals surface area contributed by atoms with E-state index in [4.69, 9.17) is 13.6 Å². The topological polar surface area (TPSA) is 77.5 Å². The number of aromatic nitrogens is 1. The van der Waals surface area contributed by atoms with Crippen molar-refractivity contribution < 1.29 is 13.6 Å². The van der Waals surface area contributed by atoms with Crippen LogP contribution in [0.5, 0.6) is 5.75 Å².